The molecule has 0 amide bonds. The fourth-order valence-corrected chi connectivity index (χ4v) is 2.61. The van der Waals surface area contributed by atoms with Gasteiger partial charge in [-0.1, -0.05) is 12.1 Å². The van der Waals surface area contributed by atoms with Gasteiger partial charge in [-0.3, -0.25) is 0 Å². The first-order chi connectivity index (χ1) is 8.25. The van der Waals surface area contributed by atoms with Crippen LogP contribution in [0.2, 0.25) is 0 Å². The van der Waals surface area contributed by atoms with Crippen molar-refractivity contribution in [2.75, 3.05) is 5.73 Å². The van der Waals surface area contributed by atoms with Gasteiger partial charge in [-0.25, -0.2) is 4.68 Å². The van der Waals surface area contributed by atoms with E-state index < -0.39 is 0 Å². The zero-order valence-corrected chi connectivity index (χ0v) is 10.3. The summed E-state index contributed by atoms with van der Waals surface area (Å²) in [6.07, 6.45) is 2.34. The number of hydrogen-bond acceptors (Lipinski definition) is 5. The molecule has 0 bridgehead atoms. The maximum Gasteiger partial charge on any atom is 0.214 e. The van der Waals surface area contributed by atoms with Crippen LogP contribution in [0.15, 0.2) is 28.3 Å². The molecule has 2 N–H and O–H groups in total. The normalized spacial score (nSPS) is 15.1. The molecule has 1 aromatic heterocycles. The monoisotopic (exact) mass is 247 g/mol. The summed E-state index contributed by atoms with van der Waals surface area (Å²) in [6, 6.07) is 6.49. The van der Waals surface area contributed by atoms with Crippen molar-refractivity contribution in [3.8, 4) is 0 Å². The topological polar surface area (TPSA) is 69.6 Å². The van der Waals surface area contributed by atoms with Crippen molar-refractivity contribution in [2.45, 2.75) is 35.9 Å². The molecule has 0 unspecified atom stereocenters. The van der Waals surface area contributed by atoms with Crippen LogP contribution in [0.4, 0.5) is 5.69 Å². The maximum absolute atomic E-state index is 6.04. The molecule has 1 fully saturated rings. The minimum absolute atomic E-state index is 0.485. The van der Waals surface area contributed by atoms with E-state index in [4.69, 9.17) is 5.73 Å². The van der Waals surface area contributed by atoms with E-state index in [0.717, 1.165) is 21.3 Å². The summed E-state index contributed by atoms with van der Waals surface area (Å²) in [4.78, 5) is 1.02. The van der Waals surface area contributed by atoms with Crippen LogP contribution >= 0.6 is 11.8 Å². The summed E-state index contributed by atoms with van der Waals surface area (Å²) in [7, 11) is 0. The molecule has 1 heterocycles. The smallest absolute Gasteiger partial charge is 0.214 e. The fourth-order valence-electron chi connectivity index (χ4n) is 1.64. The van der Waals surface area contributed by atoms with Gasteiger partial charge in [0.2, 0.25) is 5.16 Å². The quantitative estimate of drug-likeness (QED) is 0.841. The standard InChI is InChI=1S/C11H13N5S/c1-7-3-2-4-9(10(7)12)17-11-13-14-15-16(11)8-5-6-8/h2-4,8H,5-6,12H2,1H3. The molecular weight excluding hydrogens is 234 g/mol. The molecule has 0 radical (unpaired) electrons. The highest BCUT2D eigenvalue weighted by atomic mass is 32.2. The number of aromatic nitrogens is 4. The van der Waals surface area contributed by atoms with Crippen molar-refractivity contribution in [3.05, 3.63) is 23.8 Å². The van der Waals surface area contributed by atoms with E-state index >= 15 is 0 Å². The molecule has 1 aromatic carbocycles. The van der Waals surface area contributed by atoms with Crippen molar-refractivity contribution < 1.29 is 0 Å². The van der Waals surface area contributed by atoms with Gasteiger partial charge < -0.3 is 5.73 Å². The van der Waals surface area contributed by atoms with E-state index in [0.29, 0.717) is 6.04 Å². The number of nitrogens with two attached hydrogens (primary N) is 1. The number of anilines is 1. The van der Waals surface area contributed by atoms with Crippen molar-refractivity contribution >= 4 is 17.4 Å². The number of para-hydroxylation sites is 1. The summed E-state index contributed by atoms with van der Waals surface area (Å²) in [5.74, 6) is 0. The van der Waals surface area contributed by atoms with Crippen molar-refractivity contribution in [3.63, 3.8) is 0 Å². The fraction of sp³-hybridized carbons (Fsp3) is 0.364. The second kappa shape index (κ2) is 4.03. The Labute approximate surface area is 103 Å². The van der Waals surface area contributed by atoms with Gasteiger partial charge in [-0.2, -0.15) is 0 Å². The number of hydrogen-bond donors (Lipinski definition) is 1. The second-order valence-corrected chi connectivity index (χ2v) is 5.24. The van der Waals surface area contributed by atoms with Gasteiger partial charge in [-0.15, -0.1) is 5.10 Å². The van der Waals surface area contributed by atoms with Crippen LogP contribution in [-0.2, 0) is 0 Å². The van der Waals surface area contributed by atoms with Gasteiger partial charge in [0.05, 0.1) is 6.04 Å². The number of nitrogens with zero attached hydrogens (tertiary/aromatic N) is 4. The van der Waals surface area contributed by atoms with Crippen LogP contribution in [0.5, 0.6) is 0 Å². The molecule has 2 aromatic rings. The second-order valence-electron chi connectivity index (χ2n) is 4.23. The average molecular weight is 247 g/mol. The first kappa shape index (κ1) is 10.6. The third-order valence-electron chi connectivity index (χ3n) is 2.84. The van der Waals surface area contributed by atoms with Gasteiger partial charge in [0.15, 0.2) is 0 Å². The lowest BCUT2D eigenvalue weighted by molar-refractivity contribution is 0.565. The van der Waals surface area contributed by atoms with E-state index in [-0.39, 0.29) is 0 Å². The highest BCUT2D eigenvalue weighted by Gasteiger charge is 2.28. The molecule has 0 saturated heterocycles. The first-order valence-electron chi connectivity index (χ1n) is 5.56. The third-order valence-corrected chi connectivity index (χ3v) is 3.87. The summed E-state index contributed by atoms with van der Waals surface area (Å²) >= 11 is 1.53. The molecule has 0 atom stereocenters. The molecule has 6 heteroatoms. The molecule has 0 aliphatic heterocycles. The van der Waals surface area contributed by atoms with E-state index in [1.165, 1.54) is 24.6 Å². The Morgan fingerprint density at radius 1 is 1.41 bits per heavy atom. The number of benzene rings is 1. The Kier molecular flexibility index (Phi) is 2.51. The summed E-state index contributed by atoms with van der Waals surface area (Å²) in [5, 5.41) is 12.6. The van der Waals surface area contributed by atoms with Crippen LogP contribution in [0.1, 0.15) is 24.4 Å². The zero-order chi connectivity index (χ0) is 11.8. The Bertz CT molecular complexity index is 547. The average Bonchev–Trinajstić information content (AvgIpc) is 3.06. The van der Waals surface area contributed by atoms with Gasteiger partial charge in [-0.05, 0) is 53.6 Å². The highest BCUT2D eigenvalue weighted by molar-refractivity contribution is 7.99. The Balaban J connectivity index is 1.91. The molecule has 5 nitrogen and oxygen atoms in total. The molecule has 1 saturated carbocycles. The predicted octanol–water partition coefficient (Wildman–Crippen LogP) is 2.05. The molecule has 17 heavy (non-hydrogen) atoms. The Hall–Kier alpha value is -1.56. The van der Waals surface area contributed by atoms with Crippen molar-refractivity contribution in [1.82, 2.24) is 20.2 Å². The van der Waals surface area contributed by atoms with Crippen LogP contribution in [0, 0.1) is 6.92 Å². The van der Waals surface area contributed by atoms with Crippen molar-refractivity contribution in [1.29, 1.82) is 0 Å². The predicted molar refractivity (Wildman–Crippen MR) is 65.8 cm³/mol. The molecule has 1 aliphatic carbocycles. The Morgan fingerprint density at radius 2 is 2.24 bits per heavy atom. The number of tetrazole rings is 1. The molecule has 88 valence electrons. The summed E-state index contributed by atoms with van der Waals surface area (Å²) in [6.45, 7) is 2.00. The number of rotatable bonds is 3. The van der Waals surface area contributed by atoms with Crippen LogP contribution in [-0.4, -0.2) is 20.2 Å². The number of aryl methyl sites for hydroxylation is 1. The van der Waals surface area contributed by atoms with E-state index in [9.17, 15) is 0 Å². The highest BCUT2D eigenvalue weighted by Crippen LogP contribution is 2.39. The molecule has 1 aliphatic rings. The third kappa shape index (κ3) is 2.00. The maximum atomic E-state index is 6.04. The van der Waals surface area contributed by atoms with Crippen molar-refractivity contribution in [2.24, 2.45) is 0 Å². The lowest BCUT2D eigenvalue weighted by Gasteiger charge is -2.07. The van der Waals surface area contributed by atoms with Gasteiger partial charge in [0.25, 0.3) is 0 Å². The summed E-state index contributed by atoms with van der Waals surface area (Å²) in [5.41, 5.74) is 7.93. The lowest BCUT2D eigenvalue weighted by atomic mass is 10.2. The minimum atomic E-state index is 0.485. The Morgan fingerprint density at radius 3 is 3.00 bits per heavy atom. The van der Waals surface area contributed by atoms with E-state index in [1.807, 2.05) is 29.8 Å². The van der Waals surface area contributed by atoms with E-state index in [1.54, 1.807) is 0 Å². The zero-order valence-electron chi connectivity index (χ0n) is 9.50. The summed E-state index contributed by atoms with van der Waals surface area (Å²) < 4.78 is 1.90. The lowest BCUT2D eigenvalue weighted by Crippen LogP contribution is -1.99. The van der Waals surface area contributed by atoms with Gasteiger partial charge in [0, 0.05) is 10.6 Å². The van der Waals surface area contributed by atoms with E-state index in [2.05, 4.69) is 15.5 Å². The van der Waals surface area contributed by atoms with Crippen LogP contribution in [0.3, 0.4) is 0 Å². The molecule has 0 spiro atoms. The minimum Gasteiger partial charge on any atom is -0.398 e. The SMILES string of the molecule is Cc1cccc(Sc2nnnn2C2CC2)c1N. The first-order valence-corrected chi connectivity index (χ1v) is 6.38. The van der Waals surface area contributed by atoms with Crippen LogP contribution in [0.25, 0.3) is 0 Å². The van der Waals surface area contributed by atoms with Crippen LogP contribution < -0.4 is 5.73 Å². The van der Waals surface area contributed by atoms with Gasteiger partial charge in [0.1, 0.15) is 0 Å². The largest absolute Gasteiger partial charge is 0.398 e. The number of nitrogen functional groups attached to an aromatic ring is 1. The molecular formula is C11H13N5S. The van der Waals surface area contributed by atoms with Gasteiger partial charge >= 0.3 is 0 Å². The molecule has 3 rings (SSSR count).